The second kappa shape index (κ2) is 13.0. The number of allylic oxidation sites excluding steroid dienone is 4. The van der Waals surface area contributed by atoms with Gasteiger partial charge in [-0.25, -0.2) is 0 Å². The second-order valence-electron chi connectivity index (χ2n) is 8.40. The van der Waals surface area contributed by atoms with Crippen LogP contribution in [-0.2, 0) is 24.3 Å². The molecule has 0 unspecified atom stereocenters. The van der Waals surface area contributed by atoms with Crippen LogP contribution in [-0.4, -0.2) is 47.8 Å². The summed E-state index contributed by atoms with van der Waals surface area (Å²) in [4.78, 5) is 10.2. The van der Waals surface area contributed by atoms with Crippen molar-refractivity contribution < 1.29 is 24.3 Å². The van der Waals surface area contributed by atoms with Crippen molar-refractivity contribution in [2.75, 3.05) is 25.8 Å². The summed E-state index contributed by atoms with van der Waals surface area (Å²) in [6.45, 7) is 25.1. The molecule has 0 aromatic rings. The Morgan fingerprint density at radius 1 is 1.08 bits per heavy atom. The van der Waals surface area contributed by atoms with Gasteiger partial charge in [-0.2, -0.15) is 0 Å². The van der Waals surface area contributed by atoms with E-state index in [1.165, 1.54) is 11.9 Å². The van der Waals surface area contributed by atoms with Gasteiger partial charge in [0.15, 0.2) is 0 Å². The van der Waals surface area contributed by atoms with Gasteiger partial charge in [0.2, 0.25) is 0 Å². The molecular formula is C21H39N2OPRu+2. The molecule has 1 heterocycles. The predicted octanol–water partition coefficient (Wildman–Crippen LogP) is 5.31. The molecule has 0 saturated carbocycles. The first-order chi connectivity index (χ1) is 11.6. The van der Waals surface area contributed by atoms with Crippen LogP contribution in [0.2, 0.25) is 0 Å². The van der Waals surface area contributed by atoms with Crippen molar-refractivity contribution in [1.29, 1.82) is 0 Å². The minimum atomic E-state index is -0.524. The Bertz CT molecular complexity index is 469. The zero-order valence-corrected chi connectivity index (χ0v) is 20.8. The molecule has 150 valence electrons. The molecule has 5 heteroatoms. The van der Waals surface area contributed by atoms with Gasteiger partial charge >= 0.3 is 19.5 Å². The fourth-order valence-electron chi connectivity index (χ4n) is 3.32. The average molecular weight is 468 g/mol. The van der Waals surface area contributed by atoms with Crippen molar-refractivity contribution in [3.05, 3.63) is 41.0 Å². The van der Waals surface area contributed by atoms with E-state index >= 15 is 0 Å². The van der Waals surface area contributed by atoms with Crippen LogP contribution >= 0.6 is 7.92 Å². The maximum absolute atomic E-state index is 7.75. The molecule has 26 heavy (non-hydrogen) atoms. The topological polar surface area (TPSA) is 34.4 Å². The Hall–Kier alpha value is -0.297. The van der Waals surface area contributed by atoms with Gasteiger partial charge in [-0.05, 0) is 54.6 Å². The predicted molar refractivity (Wildman–Crippen MR) is 117 cm³/mol. The normalized spacial score (nSPS) is 15.9. The summed E-state index contributed by atoms with van der Waals surface area (Å²) in [7, 11) is -0.524. The summed E-state index contributed by atoms with van der Waals surface area (Å²) < 4.78 is 0. The SMILES string of the molecule is CCN(CC)CC1=CC=C/C(=C/C[PH+](C(C)(C)C)C(C)(C)C)[N-]1.[CH-]=O.[RuH+3]. The van der Waals surface area contributed by atoms with E-state index in [0.717, 1.165) is 25.3 Å². The van der Waals surface area contributed by atoms with E-state index in [9.17, 15) is 0 Å². The van der Waals surface area contributed by atoms with Crippen LogP contribution in [0, 0.1) is 0 Å². The molecule has 0 spiro atoms. The Labute approximate surface area is 176 Å². The Balaban J connectivity index is 0. The van der Waals surface area contributed by atoms with Gasteiger partial charge in [-0.1, -0.05) is 38.2 Å². The fourth-order valence-corrected chi connectivity index (χ4v) is 7.21. The van der Waals surface area contributed by atoms with E-state index in [2.05, 4.69) is 91.4 Å². The first-order valence-electron chi connectivity index (χ1n) is 9.19. The third-order valence-electron chi connectivity index (χ3n) is 4.43. The van der Waals surface area contributed by atoms with Gasteiger partial charge in [0.1, 0.15) is 0 Å². The van der Waals surface area contributed by atoms with Gasteiger partial charge in [0.25, 0.3) is 0 Å². The van der Waals surface area contributed by atoms with E-state index in [0.29, 0.717) is 10.3 Å². The maximum atomic E-state index is 7.75. The van der Waals surface area contributed by atoms with Crippen LogP contribution in [0.4, 0.5) is 0 Å². The van der Waals surface area contributed by atoms with Crippen LogP contribution in [0.15, 0.2) is 35.7 Å². The summed E-state index contributed by atoms with van der Waals surface area (Å²) >= 11 is 0. The standard InChI is InChI=1S/C20H36N2P.CHO.Ru.H/c1-9-22(10-2)16-18-13-11-12-17(21-18)14-15-23(19(3,4)5)20(6,7)8;1-2;;/h11-14H,9-10,15-16H2,1-8H3;1H;;/q2*-1;+3;/p+1/b17-14-;;;. The summed E-state index contributed by atoms with van der Waals surface area (Å²) in [6, 6.07) is 0. The van der Waals surface area contributed by atoms with E-state index < -0.39 is 7.92 Å². The quantitative estimate of drug-likeness (QED) is 0.230. The summed E-state index contributed by atoms with van der Waals surface area (Å²) in [5.74, 6) is 0. The number of likely N-dealkylation sites (N-methyl/N-ethyl adjacent to an activating group) is 1. The monoisotopic (exact) mass is 468 g/mol. The second-order valence-corrected chi connectivity index (χ2v) is 12.8. The summed E-state index contributed by atoms with van der Waals surface area (Å²) in [5.41, 5.74) is 2.33. The van der Waals surface area contributed by atoms with Crippen molar-refractivity contribution in [3.63, 3.8) is 0 Å². The molecule has 0 aromatic heterocycles. The molecule has 0 aromatic carbocycles. The fraction of sp³-hybridized carbons (Fsp3) is 0.667. The molecule has 1 aliphatic rings. The first-order valence-corrected chi connectivity index (χ1v) is 10.9. The molecule has 0 saturated heterocycles. The molecule has 1 aliphatic heterocycles. The Kier molecular flexibility index (Phi) is 13.9. The van der Waals surface area contributed by atoms with Crippen LogP contribution < -0.4 is 0 Å². The average Bonchev–Trinajstić information content (AvgIpc) is 2.52. The van der Waals surface area contributed by atoms with Crippen molar-refractivity contribution in [1.82, 2.24) is 4.90 Å². The molecule has 0 amide bonds. The Morgan fingerprint density at radius 3 is 2.00 bits per heavy atom. The van der Waals surface area contributed by atoms with Gasteiger partial charge in [-0.15, -0.1) is 11.4 Å². The van der Waals surface area contributed by atoms with E-state index in [-0.39, 0.29) is 19.5 Å². The van der Waals surface area contributed by atoms with E-state index in [1.807, 2.05) is 0 Å². The Morgan fingerprint density at radius 2 is 1.58 bits per heavy atom. The van der Waals surface area contributed by atoms with Gasteiger partial charge < -0.3 is 15.0 Å². The van der Waals surface area contributed by atoms with Crippen molar-refractivity contribution in [3.8, 4) is 0 Å². The number of nitrogens with zero attached hydrogens (tertiary/aromatic N) is 2. The zero-order chi connectivity index (χ0) is 19.7. The van der Waals surface area contributed by atoms with Crippen molar-refractivity contribution in [2.24, 2.45) is 0 Å². The first kappa shape index (κ1) is 27.9. The minimum absolute atomic E-state index is 0. The number of hydrogen-bond acceptors (Lipinski definition) is 2. The molecule has 0 aliphatic carbocycles. The number of rotatable bonds is 6. The van der Waals surface area contributed by atoms with Gasteiger partial charge in [0, 0.05) is 14.5 Å². The molecule has 0 N–H and O–H groups in total. The molecular weight excluding hydrogens is 428 g/mol. The number of carbonyl (C=O) groups excluding carboxylic acids is 1. The van der Waals surface area contributed by atoms with Crippen molar-refractivity contribution >= 4 is 14.7 Å². The van der Waals surface area contributed by atoms with E-state index in [1.54, 1.807) is 0 Å². The van der Waals surface area contributed by atoms with E-state index in [4.69, 9.17) is 10.1 Å². The zero-order valence-electron chi connectivity index (χ0n) is 17.9. The van der Waals surface area contributed by atoms with Crippen molar-refractivity contribution in [2.45, 2.75) is 65.7 Å². The molecule has 0 bridgehead atoms. The van der Waals surface area contributed by atoms with Crippen LogP contribution in [0.3, 0.4) is 0 Å². The molecule has 0 fully saturated rings. The molecule has 1 rings (SSSR count). The number of hydrogen-bond donors (Lipinski definition) is 0. The third kappa shape index (κ3) is 10.1. The van der Waals surface area contributed by atoms with Crippen LogP contribution in [0.25, 0.3) is 5.32 Å². The summed E-state index contributed by atoms with van der Waals surface area (Å²) in [6.07, 6.45) is 10.00. The molecule has 3 nitrogen and oxygen atoms in total. The van der Waals surface area contributed by atoms with Gasteiger partial charge in [0.05, 0.1) is 16.5 Å². The molecule has 1 radical (unpaired) electrons. The van der Waals surface area contributed by atoms with Crippen LogP contribution in [0.1, 0.15) is 55.4 Å². The van der Waals surface area contributed by atoms with Gasteiger partial charge in [-0.3, -0.25) is 6.79 Å². The summed E-state index contributed by atoms with van der Waals surface area (Å²) in [5, 5.41) is 5.67. The van der Waals surface area contributed by atoms with Crippen LogP contribution in [0.5, 0.6) is 0 Å². The third-order valence-corrected chi connectivity index (χ3v) is 8.67. The molecule has 0 atom stereocenters.